The molecule has 0 aliphatic heterocycles. The summed E-state index contributed by atoms with van der Waals surface area (Å²) in [5.74, 6) is -2.02. The number of carbonyl (C=O) groups is 3. The molecule has 0 heterocycles. The second kappa shape index (κ2) is 10.0. The molecular weight excluding hydrogens is 408 g/mol. The summed E-state index contributed by atoms with van der Waals surface area (Å²) in [4.78, 5) is 34.9. The molecular formula is C21H24N2O6S. The summed E-state index contributed by atoms with van der Waals surface area (Å²) in [6.07, 6.45) is -0.382. The van der Waals surface area contributed by atoms with Crippen LogP contribution in [0.25, 0.3) is 0 Å². The molecule has 0 atom stereocenters. The lowest BCUT2D eigenvalue weighted by atomic mass is 10.1. The highest BCUT2D eigenvalue weighted by Gasteiger charge is 2.18. The van der Waals surface area contributed by atoms with Crippen molar-refractivity contribution < 1.29 is 27.5 Å². The summed E-state index contributed by atoms with van der Waals surface area (Å²) < 4.78 is 29.6. The molecule has 160 valence electrons. The normalized spacial score (nSPS) is 10.9. The number of hydrogen-bond acceptors (Lipinski definition) is 6. The third kappa shape index (κ3) is 6.70. The fourth-order valence-corrected chi connectivity index (χ4v) is 3.80. The maximum atomic E-state index is 12.3. The molecule has 0 aliphatic rings. The minimum Gasteiger partial charge on any atom is -0.456 e. The molecule has 0 radical (unpaired) electrons. The number of sulfone groups is 1. The highest BCUT2D eigenvalue weighted by molar-refractivity contribution is 7.91. The van der Waals surface area contributed by atoms with Crippen LogP contribution in [0.15, 0.2) is 47.4 Å². The van der Waals surface area contributed by atoms with Gasteiger partial charge >= 0.3 is 5.97 Å². The number of aryl methyl sites for hydroxylation is 1. The second-order valence-electron chi connectivity index (χ2n) is 6.73. The van der Waals surface area contributed by atoms with Crippen LogP contribution >= 0.6 is 0 Å². The number of esters is 1. The monoisotopic (exact) mass is 432 g/mol. The zero-order valence-electron chi connectivity index (χ0n) is 17.0. The molecule has 2 N–H and O–H groups in total. The standard InChI is InChI=1S/C21H24N2O6S/c1-14-5-4-6-19(15(14)2)23-20(25)13-29-21(26)11-12-30(27,28)18-9-7-17(8-10-18)22-16(3)24/h4-10H,11-13H2,1-3H3,(H,22,24)(H,23,25). The van der Waals surface area contributed by atoms with Crippen LogP contribution in [0.2, 0.25) is 0 Å². The Labute approximate surface area is 175 Å². The fraction of sp³-hybridized carbons (Fsp3) is 0.286. The molecule has 30 heavy (non-hydrogen) atoms. The molecule has 2 aromatic rings. The van der Waals surface area contributed by atoms with Crippen LogP contribution in [-0.2, 0) is 29.0 Å². The molecule has 0 spiro atoms. The van der Waals surface area contributed by atoms with Crippen molar-refractivity contribution in [3.8, 4) is 0 Å². The molecule has 0 saturated carbocycles. The molecule has 0 aliphatic carbocycles. The average Bonchev–Trinajstić information content (AvgIpc) is 2.68. The summed E-state index contributed by atoms with van der Waals surface area (Å²) in [5.41, 5.74) is 3.02. The third-order valence-electron chi connectivity index (χ3n) is 4.35. The number of ether oxygens (including phenoxy) is 1. The van der Waals surface area contributed by atoms with Crippen LogP contribution in [-0.4, -0.2) is 38.6 Å². The van der Waals surface area contributed by atoms with Gasteiger partial charge in [-0.3, -0.25) is 14.4 Å². The van der Waals surface area contributed by atoms with Crippen molar-refractivity contribution in [3.05, 3.63) is 53.6 Å². The molecule has 2 rings (SSSR count). The van der Waals surface area contributed by atoms with Crippen LogP contribution < -0.4 is 10.6 Å². The van der Waals surface area contributed by atoms with E-state index in [0.29, 0.717) is 11.4 Å². The first-order chi connectivity index (χ1) is 14.1. The van der Waals surface area contributed by atoms with Gasteiger partial charge in [0.1, 0.15) is 0 Å². The number of amides is 2. The molecule has 8 nitrogen and oxygen atoms in total. The first-order valence-corrected chi connectivity index (χ1v) is 10.9. The fourth-order valence-electron chi connectivity index (χ4n) is 2.58. The van der Waals surface area contributed by atoms with Gasteiger partial charge in [-0.2, -0.15) is 0 Å². The summed E-state index contributed by atoms with van der Waals surface area (Å²) >= 11 is 0. The van der Waals surface area contributed by atoms with Gasteiger partial charge in [0.2, 0.25) is 5.91 Å². The Hall–Kier alpha value is -3.20. The summed E-state index contributed by atoms with van der Waals surface area (Å²) in [6.45, 7) is 4.62. The van der Waals surface area contributed by atoms with E-state index in [-0.39, 0.29) is 17.2 Å². The van der Waals surface area contributed by atoms with E-state index >= 15 is 0 Å². The van der Waals surface area contributed by atoms with Crippen molar-refractivity contribution in [3.63, 3.8) is 0 Å². The minimum absolute atomic E-state index is 0.0251. The maximum Gasteiger partial charge on any atom is 0.307 e. The summed E-state index contributed by atoms with van der Waals surface area (Å²) in [5, 5.41) is 5.20. The number of anilines is 2. The van der Waals surface area contributed by atoms with Gasteiger partial charge in [0.05, 0.1) is 17.1 Å². The van der Waals surface area contributed by atoms with Gasteiger partial charge in [-0.05, 0) is 55.3 Å². The molecule has 0 saturated heterocycles. The van der Waals surface area contributed by atoms with E-state index in [1.165, 1.54) is 31.2 Å². The molecule has 0 bridgehead atoms. The van der Waals surface area contributed by atoms with E-state index < -0.39 is 34.1 Å². The Kier molecular flexibility index (Phi) is 7.71. The van der Waals surface area contributed by atoms with Gasteiger partial charge < -0.3 is 15.4 Å². The van der Waals surface area contributed by atoms with Crippen molar-refractivity contribution >= 4 is 39.0 Å². The van der Waals surface area contributed by atoms with Gasteiger partial charge in [-0.25, -0.2) is 8.42 Å². The molecule has 2 aromatic carbocycles. The zero-order valence-corrected chi connectivity index (χ0v) is 17.8. The van der Waals surface area contributed by atoms with Gasteiger partial charge in [-0.15, -0.1) is 0 Å². The van der Waals surface area contributed by atoms with E-state index in [1.54, 1.807) is 12.1 Å². The van der Waals surface area contributed by atoms with Gasteiger partial charge in [-0.1, -0.05) is 12.1 Å². The Morgan fingerprint density at radius 1 is 0.967 bits per heavy atom. The lowest BCUT2D eigenvalue weighted by molar-refractivity contribution is -0.146. The number of carbonyl (C=O) groups excluding carboxylic acids is 3. The van der Waals surface area contributed by atoms with E-state index in [9.17, 15) is 22.8 Å². The lowest BCUT2D eigenvalue weighted by Gasteiger charge is -2.11. The minimum atomic E-state index is -3.71. The number of hydrogen-bond donors (Lipinski definition) is 2. The first-order valence-electron chi connectivity index (χ1n) is 9.20. The van der Waals surface area contributed by atoms with Crippen molar-refractivity contribution in [2.75, 3.05) is 23.0 Å². The smallest absolute Gasteiger partial charge is 0.307 e. The molecule has 0 unspecified atom stereocenters. The van der Waals surface area contributed by atoms with E-state index in [1.807, 2.05) is 19.9 Å². The Balaban J connectivity index is 1.83. The van der Waals surface area contributed by atoms with E-state index in [4.69, 9.17) is 4.74 Å². The van der Waals surface area contributed by atoms with Crippen molar-refractivity contribution in [2.24, 2.45) is 0 Å². The van der Waals surface area contributed by atoms with Crippen molar-refractivity contribution in [1.82, 2.24) is 0 Å². The largest absolute Gasteiger partial charge is 0.456 e. The Morgan fingerprint density at radius 3 is 2.27 bits per heavy atom. The van der Waals surface area contributed by atoms with Gasteiger partial charge in [0.25, 0.3) is 5.91 Å². The second-order valence-corrected chi connectivity index (χ2v) is 8.84. The molecule has 2 amide bonds. The quantitative estimate of drug-likeness (QED) is 0.619. The van der Waals surface area contributed by atoms with Crippen LogP contribution in [0.1, 0.15) is 24.5 Å². The SMILES string of the molecule is CC(=O)Nc1ccc(S(=O)(=O)CCC(=O)OCC(=O)Nc2cccc(C)c2C)cc1. The topological polar surface area (TPSA) is 119 Å². The highest BCUT2D eigenvalue weighted by Crippen LogP contribution is 2.18. The first kappa shape index (κ1) is 23.1. The predicted octanol–water partition coefficient (Wildman–Crippen LogP) is 2.61. The highest BCUT2D eigenvalue weighted by atomic mass is 32.2. The van der Waals surface area contributed by atoms with Crippen LogP contribution in [0, 0.1) is 13.8 Å². The van der Waals surface area contributed by atoms with Crippen molar-refractivity contribution in [2.45, 2.75) is 32.1 Å². The third-order valence-corrected chi connectivity index (χ3v) is 6.08. The zero-order chi connectivity index (χ0) is 22.3. The number of rotatable bonds is 8. The maximum absolute atomic E-state index is 12.3. The van der Waals surface area contributed by atoms with E-state index in [2.05, 4.69) is 10.6 Å². The van der Waals surface area contributed by atoms with Gasteiger partial charge in [0, 0.05) is 18.3 Å². The Bertz CT molecular complexity index is 1050. The average molecular weight is 432 g/mol. The lowest BCUT2D eigenvalue weighted by Crippen LogP contribution is -2.22. The Morgan fingerprint density at radius 2 is 1.63 bits per heavy atom. The van der Waals surface area contributed by atoms with Crippen LogP contribution in [0.5, 0.6) is 0 Å². The predicted molar refractivity (Wildman–Crippen MR) is 113 cm³/mol. The number of nitrogens with one attached hydrogen (secondary N) is 2. The van der Waals surface area contributed by atoms with Crippen LogP contribution in [0.4, 0.5) is 11.4 Å². The van der Waals surface area contributed by atoms with Crippen molar-refractivity contribution in [1.29, 1.82) is 0 Å². The van der Waals surface area contributed by atoms with Gasteiger partial charge in [0.15, 0.2) is 16.4 Å². The molecule has 0 aromatic heterocycles. The molecule has 0 fully saturated rings. The summed E-state index contributed by atoms with van der Waals surface area (Å²) in [7, 11) is -3.71. The van der Waals surface area contributed by atoms with E-state index in [0.717, 1.165) is 11.1 Å². The number of benzene rings is 2. The van der Waals surface area contributed by atoms with Crippen LogP contribution in [0.3, 0.4) is 0 Å². The summed E-state index contributed by atoms with van der Waals surface area (Å²) in [6, 6.07) is 11.1. The molecule has 9 heteroatoms.